The molecule has 0 bridgehead atoms. The first-order valence-electron chi connectivity index (χ1n) is 7.47. The molecular weight excluding hydrogens is 294 g/mol. The Morgan fingerprint density at radius 2 is 1.45 bits per heavy atom. The van der Waals surface area contributed by atoms with E-state index in [1.54, 1.807) is 16.4 Å². The van der Waals surface area contributed by atoms with E-state index in [9.17, 15) is 8.42 Å². The summed E-state index contributed by atoms with van der Waals surface area (Å²) in [5.41, 5.74) is 5.77. The van der Waals surface area contributed by atoms with Crippen LogP contribution in [0.1, 0.15) is 33.9 Å². The van der Waals surface area contributed by atoms with Crippen molar-refractivity contribution >= 4 is 10.0 Å². The summed E-state index contributed by atoms with van der Waals surface area (Å²) in [4.78, 5) is 0.378. The zero-order chi connectivity index (χ0) is 16.1. The average Bonchev–Trinajstić information content (AvgIpc) is 3.19. The van der Waals surface area contributed by atoms with Gasteiger partial charge in [-0.1, -0.05) is 35.4 Å². The maximum absolute atomic E-state index is 12.7. The van der Waals surface area contributed by atoms with E-state index in [1.165, 1.54) is 16.7 Å². The van der Waals surface area contributed by atoms with E-state index in [-0.39, 0.29) is 6.04 Å². The highest BCUT2D eigenvalue weighted by atomic mass is 32.2. The smallest absolute Gasteiger partial charge is 0.207 e. The highest BCUT2D eigenvalue weighted by Gasteiger charge is 2.46. The molecule has 2 aromatic rings. The van der Waals surface area contributed by atoms with Crippen molar-refractivity contribution in [2.24, 2.45) is 0 Å². The fourth-order valence-electron chi connectivity index (χ4n) is 3.19. The van der Waals surface area contributed by atoms with Crippen molar-refractivity contribution in [1.82, 2.24) is 4.31 Å². The topological polar surface area (TPSA) is 37.1 Å². The van der Waals surface area contributed by atoms with Gasteiger partial charge in [-0.2, -0.15) is 4.31 Å². The maximum Gasteiger partial charge on any atom is 0.243 e. The van der Waals surface area contributed by atoms with Crippen molar-refractivity contribution in [2.45, 2.75) is 38.6 Å². The van der Waals surface area contributed by atoms with Crippen LogP contribution in [0.15, 0.2) is 41.3 Å². The lowest BCUT2D eigenvalue weighted by Gasteiger charge is -2.12. The van der Waals surface area contributed by atoms with Gasteiger partial charge in [-0.25, -0.2) is 8.42 Å². The third-order valence-electron chi connectivity index (χ3n) is 4.27. The first-order chi connectivity index (χ1) is 10.3. The van der Waals surface area contributed by atoms with Gasteiger partial charge in [-0.3, -0.25) is 0 Å². The molecule has 0 N–H and O–H groups in total. The minimum Gasteiger partial charge on any atom is -0.207 e. The van der Waals surface area contributed by atoms with Crippen molar-refractivity contribution in [3.05, 3.63) is 64.2 Å². The molecule has 0 aliphatic carbocycles. The lowest BCUT2D eigenvalue weighted by molar-refractivity contribution is 0.554. The predicted octanol–water partition coefficient (Wildman–Crippen LogP) is 3.67. The zero-order valence-corrected chi connectivity index (χ0v) is 14.2. The molecule has 1 saturated heterocycles. The summed E-state index contributed by atoms with van der Waals surface area (Å²) in [5.74, 6) is 0. The normalized spacial score (nSPS) is 20.9. The maximum atomic E-state index is 12.7. The third-order valence-corrected chi connectivity index (χ3v) is 6.15. The molecule has 0 spiro atoms. The summed E-state index contributed by atoms with van der Waals surface area (Å²) in [7, 11) is -3.39. The Bertz CT molecular complexity index is 800. The van der Waals surface area contributed by atoms with Gasteiger partial charge >= 0.3 is 0 Å². The van der Waals surface area contributed by atoms with Gasteiger partial charge in [0.1, 0.15) is 0 Å². The fraction of sp³-hybridized carbons (Fsp3) is 0.333. The molecule has 2 atom stereocenters. The van der Waals surface area contributed by atoms with E-state index >= 15 is 0 Å². The van der Waals surface area contributed by atoms with Crippen molar-refractivity contribution < 1.29 is 8.42 Å². The van der Waals surface area contributed by atoms with Crippen molar-refractivity contribution in [2.75, 3.05) is 6.54 Å². The summed E-state index contributed by atoms with van der Waals surface area (Å²) in [6.45, 7) is 8.71. The average molecular weight is 315 g/mol. The van der Waals surface area contributed by atoms with Crippen LogP contribution in [-0.2, 0) is 10.0 Å². The summed E-state index contributed by atoms with van der Waals surface area (Å²) in [6.07, 6.45) is 0. The number of nitrogens with zero attached hydrogens (tertiary/aromatic N) is 1. The predicted molar refractivity (Wildman–Crippen MR) is 88.5 cm³/mol. The first kappa shape index (κ1) is 15.3. The summed E-state index contributed by atoms with van der Waals surface area (Å²) < 4.78 is 27.0. The van der Waals surface area contributed by atoms with Gasteiger partial charge in [0.2, 0.25) is 10.0 Å². The Balaban J connectivity index is 1.93. The second-order valence-electron chi connectivity index (χ2n) is 6.22. The van der Waals surface area contributed by atoms with Crippen LogP contribution in [0.3, 0.4) is 0 Å². The van der Waals surface area contributed by atoms with Crippen molar-refractivity contribution in [1.29, 1.82) is 0 Å². The van der Waals surface area contributed by atoms with E-state index in [1.807, 2.05) is 19.1 Å². The molecule has 0 amide bonds. The molecule has 3 rings (SSSR count). The summed E-state index contributed by atoms with van der Waals surface area (Å²) in [6, 6.07) is 11.3. The third kappa shape index (κ3) is 2.57. The Morgan fingerprint density at radius 3 is 2.00 bits per heavy atom. The first-order valence-corrected chi connectivity index (χ1v) is 8.91. The second kappa shape index (κ2) is 5.21. The van der Waals surface area contributed by atoms with Gasteiger partial charge in [0, 0.05) is 6.54 Å². The number of benzene rings is 2. The Labute approximate surface area is 132 Å². The quantitative estimate of drug-likeness (QED) is 0.811. The summed E-state index contributed by atoms with van der Waals surface area (Å²) in [5, 5.41) is 0. The van der Waals surface area contributed by atoms with Gasteiger partial charge < -0.3 is 0 Å². The van der Waals surface area contributed by atoms with Crippen LogP contribution in [0.4, 0.5) is 0 Å². The highest BCUT2D eigenvalue weighted by molar-refractivity contribution is 7.89. The SMILES string of the molecule is Cc1ccc(S(=O)(=O)N2CC2c2c(C)cc(C)cc2C)cc1. The monoisotopic (exact) mass is 315 g/mol. The molecule has 1 aliphatic heterocycles. The number of hydrogen-bond acceptors (Lipinski definition) is 2. The number of hydrogen-bond donors (Lipinski definition) is 0. The van der Waals surface area contributed by atoms with E-state index in [0.29, 0.717) is 11.4 Å². The standard InChI is InChI=1S/C18H21NO2S/c1-12-5-7-16(8-6-12)22(20,21)19-11-17(19)18-14(3)9-13(2)10-15(18)4/h5-10,17H,11H2,1-4H3. The Morgan fingerprint density at radius 1 is 0.909 bits per heavy atom. The van der Waals surface area contributed by atoms with Crippen LogP contribution in [0.5, 0.6) is 0 Å². The fourth-order valence-corrected chi connectivity index (χ4v) is 4.72. The molecule has 1 heterocycles. The van der Waals surface area contributed by atoms with E-state index in [4.69, 9.17) is 0 Å². The molecule has 1 aliphatic rings. The number of sulfonamides is 1. The Hall–Kier alpha value is -1.65. The molecule has 1 fully saturated rings. The number of rotatable bonds is 3. The van der Waals surface area contributed by atoms with Gasteiger partial charge in [0.25, 0.3) is 0 Å². The van der Waals surface area contributed by atoms with Gasteiger partial charge in [-0.05, 0) is 56.5 Å². The molecular formula is C18H21NO2S. The van der Waals surface area contributed by atoms with Gasteiger partial charge in [0.15, 0.2) is 0 Å². The zero-order valence-electron chi connectivity index (χ0n) is 13.4. The summed E-state index contributed by atoms with van der Waals surface area (Å²) >= 11 is 0. The minimum absolute atomic E-state index is 0.0214. The van der Waals surface area contributed by atoms with Crippen LogP contribution in [0, 0.1) is 27.7 Å². The molecule has 0 radical (unpaired) electrons. The molecule has 3 nitrogen and oxygen atoms in total. The van der Waals surface area contributed by atoms with Gasteiger partial charge in [-0.15, -0.1) is 0 Å². The molecule has 22 heavy (non-hydrogen) atoms. The second-order valence-corrected chi connectivity index (χ2v) is 8.11. The molecule has 4 heteroatoms. The molecule has 2 unspecified atom stereocenters. The van der Waals surface area contributed by atoms with Crippen LogP contribution >= 0.6 is 0 Å². The number of aryl methyl sites for hydroxylation is 4. The lowest BCUT2D eigenvalue weighted by atomic mass is 9.97. The van der Waals surface area contributed by atoms with Crippen molar-refractivity contribution in [3.8, 4) is 0 Å². The van der Waals surface area contributed by atoms with Crippen LogP contribution < -0.4 is 0 Å². The van der Waals surface area contributed by atoms with E-state index in [2.05, 4.69) is 32.9 Å². The molecule has 0 saturated carbocycles. The van der Waals surface area contributed by atoms with Crippen molar-refractivity contribution in [3.63, 3.8) is 0 Å². The van der Waals surface area contributed by atoms with Crippen LogP contribution in [-0.4, -0.2) is 19.3 Å². The molecule has 0 aromatic heterocycles. The Kier molecular flexibility index (Phi) is 3.62. The van der Waals surface area contributed by atoms with Gasteiger partial charge in [0.05, 0.1) is 10.9 Å². The lowest BCUT2D eigenvalue weighted by Crippen LogP contribution is -2.13. The highest BCUT2D eigenvalue weighted by Crippen LogP contribution is 2.43. The molecule has 116 valence electrons. The largest absolute Gasteiger partial charge is 0.243 e. The van der Waals surface area contributed by atoms with Crippen LogP contribution in [0.25, 0.3) is 0 Å². The minimum atomic E-state index is -3.39. The molecule has 2 aromatic carbocycles. The van der Waals surface area contributed by atoms with E-state index < -0.39 is 10.0 Å². The van der Waals surface area contributed by atoms with E-state index in [0.717, 1.165) is 11.1 Å². The van der Waals surface area contributed by atoms with Crippen LogP contribution in [0.2, 0.25) is 0 Å².